The lowest BCUT2D eigenvalue weighted by Gasteiger charge is -2.24. The lowest BCUT2D eigenvalue weighted by molar-refractivity contribution is -0.114. The summed E-state index contributed by atoms with van der Waals surface area (Å²) < 4.78 is 25.9. The molecule has 0 atom stereocenters. The third kappa shape index (κ3) is 4.99. The van der Waals surface area contributed by atoms with Crippen molar-refractivity contribution >= 4 is 33.2 Å². The van der Waals surface area contributed by atoms with Crippen molar-refractivity contribution in [1.82, 2.24) is 4.90 Å². The molecule has 8 heteroatoms. The molecule has 30 heavy (non-hydrogen) atoms. The second kappa shape index (κ2) is 8.87. The molecule has 0 unspecified atom stereocenters. The molecule has 2 amide bonds. The van der Waals surface area contributed by atoms with E-state index < -0.39 is 15.9 Å². The van der Waals surface area contributed by atoms with Gasteiger partial charge in [-0.05, 0) is 56.0 Å². The van der Waals surface area contributed by atoms with E-state index in [1.54, 1.807) is 42.2 Å². The Labute approximate surface area is 177 Å². The van der Waals surface area contributed by atoms with Crippen molar-refractivity contribution in [3.8, 4) is 0 Å². The maximum Gasteiger partial charge on any atom is 0.255 e. The molecule has 2 aromatic carbocycles. The number of aryl methyl sites for hydroxylation is 2. The molecule has 7 nitrogen and oxygen atoms in total. The summed E-state index contributed by atoms with van der Waals surface area (Å²) in [6.07, 6.45) is 3.02. The van der Waals surface area contributed by atoms with E-state index in [9.17, 15) is 18.0 Å². The minimum absolute atomic E-state index is 0.127. The molecule has 160 valence electrons. The summed E-state index contributed by atoms with van der Waals surface area (Å²) >= 11 is 0. The van der Waals surface area contributed by atoms with Gasteiger partial charge in [0.05, 0.1) is 23.2 Å². The fourth-order valence-corrected chi connectivity index (χ4v) is 4.46. The number of carbonyl (C=O) groups excluding carboxylic acids is 2. The van der Waals surface area contributed by atoms with Crippen LogP contribution < -0.4 is 9.62 Å². The zero-order valence-corrected chi connectivity index (χ0v) is 18.3. The normalized spacial score (nSPS) is 13.9. The van der Waals surface area contributed by atoms with Crippen molar-refractivity contribution in [2.45, 2.75) is 26.7 Å². The molecule has 1 aliphatic rings. The Hall–Kier alpha value is -2.87. The zero-order valence-electron chi connectivity index (χ0n) is 17.5. The molecule has 1 fully saturated rings. The Morgan fingerprint density at radius 1 is 1.07 bits per heavy atom. The molecule has 3 rings (SSSR count). The van der Waals surface area contributed by atoms with E-state index in [2.05, 4.69) is 5.32 Å². The van der Waals surface area contributed by atoms with Gasteiger partial charge in [0, 0.05) is 13.1 Å². The van der Waals surface area contributed by atoms with Crippen LogP contribution in [0.5, 0.6) is 0 Å². The predicted octanol–water partition coefficient (Wildman–Crippen LogP) is 2.94. The highest BCUT2D eigenvalue weighted by Crippen LogP contribution is 2.25. The molecule has 0 aromatic heterocycles. The highest BCUT2D eigenvalue weighted by molar-refractivity contribution is 7.92. The van der Waals surface area contributed by atoms with Crippen molar-refractivity contribution in [3.05, 3.63) is 59.2 Å². The van der Waals surface area contributed by atoms with Crippen molar-refractivity contribution in [2.75, 3.05) is 35.5 Å². The van der Waals surface area contributed by atoms with Gasteiger partial charge >= 0.3 is 0 Å². The van der Waals surface area contributed by atoms with E-state index in [0.29, 0.717) is 30.0 Å². The lowest BCUT2D eigenvalue weighted by atomic mass is 10.1. The van der Waals surface area contributed by atoms with Gasteiger partial charge in [-0.3, -0.25) is 13.9 Å². The van der Waals surface area contributed by atoms with Crippen LogP contribution >= 0.6 is 0 Å². The van der Waals surface area contributed by atoms with Crippen LogP contribution in [0, 0.1) is 13.8 Å². The molecular formula is C22H27N3O4S. The quantitative estimate of drug-likeness (QED) is 0.765. The first-order chi connectivity index (χ1) is 14.2. The highest BCUT2D eigenvalue weighted by Gasteiger charge is 2.25. The molecule has 1 saturated heterocycles. The molecule has 0 radical (unpaired) electrons. The summed E-state index contributed by atoms with van der Waals surface area (Å²) in [4.78, 5) is 27.4. The van der Waals surface area contributed by atoms with Crippen molar-refractivity contribution in [3.63, 3.8) is 0 Å². The van der Waals surface area contributed by atoms with Gasteiger partial charge in [0.15, 0.2) is 0 Å². The monoisotopic (exact) mass is 429 g/mol. The van der Waals surface area contributed by atoms with Crippen molar-refractivity contribution in [1.29, 1.82) is 0 Å². The Balaban J connectivity index is 1.83. The fraction of sp³-hybridized carbons (Fsp3) is 0.364. The molecule has 0 saturated carbocycles. The van der Waals surface area contributed by atoms with E-state index >= 15 is 0 Å². The van der Waals surface area contributed by atoms with E-state index in [0.717, 1.165) is 34.5 Å². The number of hydrogen-bond acceptors (Lipinski definition) is 4. The van der Waals surface area contributed by atoms with Crippen LogP contribution in [-0.4, -0.2) is 51.0 Å². The second-order valence-electron chi connectivity index (χ2n) is 7.65. The summed E-state index contributed by atoms with van der Waals surface area (Å²) in [7, 11) is -3.69. The second-order valence-corrected chi connectivity index (χ2v) is 9.56. The molecule has 0 spiro atoms. The maximum absolute atomic E-state index is 12.8. The predicted molar refractivity (Wildman–Crippen MR) is 118 cm³/mol. The van der Waals surface area contributed by atoms with Crippen LogP contribution in [0.1, 0.15) is 34.3 Å². The Kier molecular flexibility index (Phi) is 6.45. The van der Waals surface area contributed by atoms with Gasteiger partial charge in [0.1, 0.15) is 6.54 Å². The van der Waals surface area contributed by atoms with Gasteiger partial charge in [0.2, 0.25) is 15.9 Å². The van der Waals surface area contributed by atoms with Gasteiger partial charge in [-0.25, -0.2) is 8.42 Å². The number of nitrogens with one attached hydrogen (secondary N) is 1. The van der Waals surface area contributed by atoms with Crippen LogP contribution in [0.4, 0.5) is 11.4 Å². The Bertz CT molecular complexity index is 1060. The standard InChI is InChI=1S/C22H27N3O4S/c1-16-10-11-17(2)20(14-16)25(30(3,28)29)15-21(26)23-19-9-5-4-8-18(19)22(27)24-12-6-7-13-24/h4-5,8-11,14H,6-7,12-13,15H2,1-3H3,(H,23,26). The number of hydrogen-bond donors (Lipinski definition) is 1. The molecule has 0 bridgehead atoms. The summed E-state index contributed by atoms with van der Waals surface area (Å²) in [6, 6.07) is 12.3. The number of likely N-dealkylation sites (tertiary alicyclic amines) is 1. The lowest BCUT2D eigenvalue weighted by Crippen LogP contribution is -2.38. The average Bonchev–Trinajstić information content (AvgIpc) is 3.22. The average molecular weight is 430 g/mol. The smallest absolute Gasteiger partial charge is 0.255 e. The van der Waals surface area contributed by atoms with Crippen molar-refractivity contribution in [2.24, 2.45) is 0 Å². The Morgan fingerprint density at radius 2 is 1.73 bits per heavy atom. The third-order valence-electron chi connectivity index (χ3n) is 5.15. The number of para-hydroxylation sites is 1. The molecule has 1 N–H and O–H groups in total. The SMILES string of the molecule is Cc1ccc(C)c(N(CC(=O)Nc2ccccc2C(=O)N2CCCC2)S(C)(=O)=O)c1. The number of benzene rings is 2. The van der Waals surface area contributed by atoms with Crippen LogP contribution in [0.25, 0.3) is 0 Å². The molecule has 2 aromatic rings. The van der Waals surface area contributed by atoms with Gasteiger partial charge in [-0.2, -0.15) is 0 Å². The molecule has 1 aliphatic heterocycles. The number of nitrogens with zero attached hydrogens (tertiary/aromatic N) is 2. The topological polar surface area (TPSA) is 86.8 Å². The first-order valence-corrected chi connectivity index (χ1v) is 11.7. The fourth-order valence-electron chi connectivity index (χ4n) is 3.56. The molecule has 0 aliphatic carbocycles. The van der Waals surface area contributed by atoms with E-state index in [1.807, 2.05) is 19.1 Å². The van der Waals surface area contributed by atoms with E-state index in [-0.39, 0.29) is 12.5 Å². The minimum Gasteiger partial charge on any atom is -0.339 e. The van der Waals surface area contributed by atoms with Gasteiger partial charge < -0.3 is 10.2 Å². The summed E-state index contributed by atoms with van der Waals surface area (Å²) in [5.41, 5.74) is 2.91. The number of rotatable bonds is 6. The number of amides is 2. The number of carbonyl (C=O) groups is 2. The Morgan fingerprint density at radius 3 is 2.40 bits per heavy atom. The summed E-state index contributed by atoms with van der Waals surface area (Å²) in [5, 5.41) is 2.73. The maximum atomic E-state index is 12.8. The third-order valence-corrected chi connectivity index (χ3v) is 6.27. The van der Waals surface area contributed by atoms with Crippen molar-refractivity contribution < 1.29 is 18.0 Å². The summed E-state index contributed by atoms with van der Waals surface area (Å²) in [6.45, 7) is 4.69. The van der Waals surface area contributed by atoms with E-state index in [4.69, 9.17) is 0 Å². The zero-order chi connectivity index (χ0) is 21.9. The largest absolute Gasteiger partial charge is 0.339 e. The summed E-state index contributed by atoms with van der Waals surface area (Å²) in [5.74, 6) is -0.638. The first kappa shape index (κ1) is 21.8. The van der Waals surface area contributed by atoms with Crippen LogP contribution in [0.3, 0.4) is 0 Å². The minimum atomic E-state index is -3.69. The van der Waals surface area contributed by atoms with Crippen LogP contribution in [0.15, 0.2) is 42.5 Å². The molecular weight excluding hydrogens is 402 g/mol. The highest BCUT2D eigenvalue weighted by atomic mass is 32.2. The van der Waals surface area contributed by atoms with Crippen LogP contribution in [-0.2, 0) is 14.8 Å². The van der Waals surface area contributed by atoms with Gasteiger partial charge in [-0.15, -0.1) is 0 Å². The van der Waals surface area contributed by atoms with Gasteiger partial charge in [0.25, 0.3) is 5.91 Å². The first-order valence-electron chi connectivity index (χ1n) is 9.90. The number of sulfonamides is 1. The number of anilines is 2. The van der Waals surface area contributed by atoms with Crippen LogP contribution in [0.2, 0.25) is 0 Å². The van der Waals surface area contributed by atoms with E-state index in [1.165, 1.54) is 0 Å². The molecule has 1 heterocycles. The van der Waals surface area contributed by atoms with Gasteiger partial charge in [-0.1, -0.05) is 24.3 Å².